The lowest BCUT2D eigenvalue weighted by Crippen LogP contribution is -2.34. The van der Waals surface area contributed by atoms with Crippen LogP contribution in [0, 0.1) is 5.92 Å². The minimum atomic E-state index is -0.682. The van der Waals surface area contributed by atoms with Crippen LogP contribution < -0.4 is 0 Å². The summed E-state index contributed by atoms with van der Waals surface area (Å²) in [5.74, 6) is -2.08. The fourth-order valence-electron chi connectivity index (χ4n) is 3.48. The summed E-state index contributed by atoms with van der Waals surface area (Å²) in [4.78, 5) is 36.1. The van der Waals surface area contributed by atoms with Gasteiger partial charge in [-0.1, -0.05) is 18.2 Å². The van der Waals surface area contributed by atoms with Crippen molar-refractivity contribution in [2.75, 3.05) is 6.61 Å². The molecule has 1 heterocycles. The maximum absolute atomic E-state index is 12.4. The van der Waals surface area contributed by atoms with E-state index >= 15 is 0 Å². The van der Waals surface area contributed by atoms with E-state index in [0.29, 0.717) is 12.8 Å². The summed E-state index contributed by atoms with van der Waals surface area (Å²) in [6.07, 6.45) is 4.05. The molecular formula is C22H28O7. The molecule has 0 spiro atoms. The van der Waals surface area contributed by atoms with Crippen molar-refractivity contribution in [1.82, 2.24) is 0 Å². The Morgan fingerprint density at radius 2 is 2.00 bits per heavy atom. The van der Waals surface area contributed by atoms with Crippen molar-refractivity contribution >= 4 is 17.9 Å². The SMILES string of the molecule is C=C1C(=O)O[C@H]2/C=C(\C)[C@@H](OC(C)=O)C/C=C(/C)C[C@@H](OC(=O)/C(C)=C/CO)[C@@H]12. The van der Waals surface area contributed by atoms with E-state index in [1.54, 1.807) is 19.9 Å². The average Bonchev–Trinajstić information content (AvgIpc) is 2.90. The van der Waals surface area contributed by atoms with Gasteiger partial charge in [-0.15, -0.1) is 0 Å². The van der Waals surface area contributed by atoms with Crippen LogP contribution in [-0.4, -0.2) is 47.9 Å². The number of carbonyl (C=O) groups excluding carboxylic acids is 3. The number of aliphatic hydroxyl groups excluding tert-OH is 1. The molecule has 4 atom stereocenters. The topological polar surface area (TPSA) is 99.1 Å². The Morgan fingerprint density at radius 1 is 1.31 bits per heavy atom. The molecule has 2 rings (SSSR count). The van der Waals surface area contributed by atoms with E-state index in [2.05, 4.69) is 6.58 Å². The van der Waals surface area contributed by atoms with Crippen LogP contribution in [0.25, 0.3) is 0 Å². The quantitative estimate of drug-likeness (QED) is 0.333. The molecule has 1 fully saturated rings. The second kappa shape index (κ2) is 9.69. The van der Waals surface area contributed by atoms with Gasteiger partial charge in [0, 0.05) is 30.9 Å². The molecule has 0 aromatic rings. The predicted octanol–water partition coefficient (Wildman–Crippen LogP) is 2.55. The van der Waals surface area contributed by atoms with Crippen LogP contribution >= 0.6 is 0 Å². The molecule has 7 nitrogen and oxygen atoms in total. The third-order valence-electron chi connectivity index (χ3n) is 5.09. The van der Waals surface area contributed by atoms with Crippen molar-refractivity contribution in [2.24, 2.45) is 5.92 Å². The van der Waals surface area contributed by atoms with E-state index in [0.717, 1.165) is 11.1 Å². The third kappa shape index (κ3) is 5.67. The lowest BCUT2D eigenvalue weighted by atomic mass is 9.85. The van der Waals surface area contributed by atoms with E-state index in [1.165, 1.54) is 13.0 Å². The Balaban J connectivity index is 2.42. The molecule has 0 unspecified atom stereocenters. The zero-order chi connectivity index (χ0) is 21.7. The molecule has 7 heteroatoms. The summed E-state index contributed by atoms with van der Waals surface area (Å²) in [6.45, 7) is 10.2. The molecule has 1 aliphatic carbocycles. The number of hydrogen-bond acceptors (Lipinski definition) is 7. The summed E-state index contributed by atoms with van der Waals surface area (Å²) in [6, 6.07) is 0. The van der Waals surface area contributed by atoms with Gasteiger partial charge in [0.1, 0.15) is 18.3 Å². The third-order valence-corrected chi connectivity index (χ3v) is 5.09. The van der Waals surface area contributed by atoms with Crippen LogP contribution in [0.5, 0.6) is 0 Å². The molecule has 29 heavy (non-hydrogen) atoms. The minimum absolute atomic E-state index is 0.234. The van der Waals surface area contributed by atoms with Gasteiger partial charge < -0.3 is 19.3 Å². The summed E-state index contributed by atoms with van der Waals surface area (Å²) < 4.78 is 16.6. The van der Waals surface area contributed by atoms with Crippen molar-refractivity contribution in [1.29, 1.82) is 0 Å². The van der Waals surface area contributed by atoms with E-state index in [4.69, 9.17) is 19.3 Å². The number of ether oxygens (including phenoxy) is 3. The fraction of sp³-hybridized carbons (Fsp3) is 0.500. The van der Waals surface area contributed by atoms with Gasteiger partial charge in [-0.25, -0.2) is 9.59 Å². The molecule has 0 radical (unpaired) electrons. The monoisotopic (exact) mass is 404 g/mol. The summed E-state index contributed by atoms with van der Waals surface area (Å²) in [5, 5.41) is 9.01. The largest absolute Gasteiger partial charge is 0.458 e. The molecule has 1 saturated heterocycles. The highest BCUT2D eigenvalue weighted by Crippen LogP contribution is 2.36. The highest BCUT2D eigenvalue weighted by molar-refractivity contribution is 5.92. The van der Waals surface area contributed by atoms with Crippen LogP contribution in [0.15, 0.2) is 47.1 Å². The standard InChI is InChI=1S/C22H28O7/c1-12-6-7-17(27-16(5)24)14(3)11-19-20(15(4)22(26)29-19)18(10-12)28-21(25)13(2)8-9-23/h6,8,11,17-20,23H,4,7,9-10H2,1-3,5H3/b12-6-,13-8+,14-11+/t17-,18+,19-,20+/m0/s1. The first-order valence-corrected chi connectivity index (χ1v) is 9.53. The van der Waals surface area contributed by atoms with Crippen molar-refractivity contribution in [3.63, 3.8) is 0 Å². The van der Waals surface area contributed by atoms with Gasteiger partial charge in [0.05, 0.1) is 12.5 Å². The zero-order valence-corrected chi connectivity index (χ0v) is 17.3. The number of esters is 3. The lowest BCUT2D eigenvalue weighted by Gasteiger charge is -2.28. The second-order valence-corrected chi connectivity index (χ2v) is 7.43. The Morgan fingerprint density at radius 3 is 2.62 bits per heavy atom. The van der Waals surface area contributed by atoms with Crippen LogP contribution in [0.3, 0.4) is 0 Å². The molecule has 0 aromatic carbocycles. The minimum Gasteiger partial charge on any atom is -0.458 e. The first kappa shape index (κ1) is 22.6. The maximum Gasteiger partial charge on any atom is 0.334 e. The van der Waals surface area contributed by atoms with Gasteiger partial charge in [-0.3, -0.25) is 4.79 Å². The van der Waals surface area contributed by atoms with Crippen LogP contribution in [0.1, 0.15) is 40.5 Å². The molecule has 0 bridgehead atoms. The molecule has 2 aliphatic rings. The molecule has 0 aromatic heterocycles. The van der Waals surface area contributed by atoms with Gasteiger partial charge in [-0.05, 0) is 38.5 Å². The van der Waals surface area contributed by atoms with Gasteiger partial charge in [0.15, 0.2) is 0 Å². The molecule has 1 aliphatic heterocycles. The Labute approximate surface area is 170 Å². The van der Waals surface area contributed by atoms with Gasteiger partial charge >= 0.3 is 17.9 Å². The molecule has 0 saturated carbocycles. The van der Waals surface area contributed by atoms with E-state index in [-0.39, 0.29) is 17.8 Å². The smallest absolute Gasteiger partial charge is 0.334 e. The van der Waals surface area contributed by atoms with Gasteiger partial charge in [-0.2, -0.15) is 0 Å². The van der Waals surface area contributed by atoms with Crippen LogP contribution in [0.2, 0.25) is 0 Å². The number of rotatable bonds is 4. The Hall–Kier alpha value is -2.67. The normalized spacial score (nSPS) is 31.6. The molecular weight excluding hydrogens is 376 g/mol. The van der Waals surface area contributed by atoms with E-state index < -0.39 is 42.1 Å². The lowest BCUT2D eigenvalue weighted by molar-refractivity contribution is -0.148. The molecule has 158 valence electrons. The van der Waals surface area contributed by atoms with Crippen molar-refractivity contribution in [3.8, 4) is 0 Å². The molecule has 0 amide bonds. The van der Waals surface area contributed by atoms with Crippen molar-refractivity contribution in [2.45, 2.75) is 58.8 Å². The number of aliphatic hydroxyl groups is 1. The maximum atomic E-state index is 12.4. The number of hydrogen-bond donors (Lipinski definition) is 1. The summed E-state index contributed by atoms with van der Waals surface area (Å²) >= 11 is 0. The number of fused-ring (bicyclic) bond motifs is 1. The molecule has 1 N–H and O–H groups in total. The van der Waals surface area contributed by atoms with Crippen molar-refractivity contribution in [3.05, 3.63) is 47.1 Å². The highest BCUT2D eigenvalue weighted by atomic mass is 16.6. The Kier molecular flexibility index (Phi) is 7.56. The Bertz CT molecular complexity index is 787. The second-order valence-electron chi connectivity index (χ2n) is 7.43. The number of carbonyl (C=O) groups is 3. The van der Waals surface area contributed by atoms with Gasteiger partial charge in [0.25, 0.3) is 0 Å². The van der Waals surface area contributed by atoms with Crippen LogP contribution in [-0.2, 0) is 28.6 Å². The first-order valence-electron chi connectivity index (χ1n) is 9.53. The highest BCUT2D eigenvalue weighted by Gasteiger charge is 2.44. The summed E-state index contributed by atoms with van der Waals surface area (Å²) in [5.41, 5.74) is 2.17. The summed E-state index contributed by atoms with van der Waals surface area (Å²) in [7, 11) is 0. The fourth-order valence-corrected chi connectivity index (χ4v) is 3.48. The van der Waals surface area contributed by atoms with Crippen molar-refractivity contribution < 1.29 is 33.7 Å². The van der Waals surface area contributed by atoms with Crippen LogP contribution in [0.4, 0.5) is 0 Å². The van der Waals surface area contributed by atoms with Gasteiger partial charge in [0.2, 0.25) is 0 Å². The first-order chi connectivity index (χ1) is 13.6. The zero-order valence-electron chi connectivity index (χ0n) is 17.3. The average molecular weight is 404 g/mol. The van der Waals surface area contributed by atoms with E-state index in [1.807, 2.05) is 13.0 Å². The predicted molar refractivity (Wildman–Crippen MR) is 106 cm³/mol. The van der Waals surface area contributed by atoms with E-state index in [9.17, 15) is 14.4 Å².